The first-order valence-corrected chi connectivity index (χ1v) is 25.7. The van der Waals surface area contributed by atoms with Crippen molar-refractivity contribution in [2.24, 2.45) is 11.8 Å². The smallest absolute Gasteiger partial charge is 0.465 e. The zero-order chi connectivity index (χ0) is 46.4. The van der Waals surface area contributed by atoms with Gasteiger partial charge in [0, 0.05) is 45.1 Å². The maximum absolute atomic E-state index is 12.9. The van der Waals surface area contributed by atoms with Gasteiger partial charge in [0.2, 0.25) is 0 Å². The molecule has 0 aromatic carbocycles. The number of unbranched alkanes of at least 4 members (excludes halogenated alkanes) is 13. The van der Waals surface area contributed by atoms with Crippen LogP contribution in [0.2, 0.25) is 0 Å². The molecule has 0 aromatic heterocycles. The van der Waals surface area contributed by atoms with Crippen LogP contribution in [-0.2, 0) is 38.0 Å². The highest BCUT2D eigenvalue weighted by molar-refractivity contribution is 5.69. The predicted molar refractivity (Wildman–Crippen MR) is 259 cm³/mol. The molecular weight excluding hydrogens is 811 g/mol. The van der Waals surface area contributed by atoms with Crippen LogP contribution in [-0.4, -0.2) is 100 Å². The van der Waals surface area contributed by atoms with Gasteiger partial charge in [-0.2, -0.15) is 0 Å². The third-order valence-electron chi connectivity index (χ3n) is 11.2. The molecule has 11 heteroatoms. The highest BCUT2D eigenvalue weighted by atomic mass is 16.7. The standard InChI is InChI=1S/C53H93NO10/c1-4-7-10-13-16-17-18-19-20-21-22-23-24-25-28-35-50(56)61-45-49(47-64-53(58)63-44-48-34-33-38-54(43-48)39-40-55)46-62-51(57)36-29-30-37-52(59-41-31-26-14-11-8-5-2)60-42-32-27-15-12-9-6-3/h8-9,11-12,16-17,19-20,48-49,52,55H,4-7,10,13-15,18,21-47H2,1-3H3/b11-8-,12-9-,17-16-,20-19-. The number of aliphatic hydroxyl groups excluding tert-OH is 1. The number of rotatable bonds is 43. The molecule has 2 unspecified atom stereocenters. The van der Waals surface area contributed by atoms with Crippen molar-refractivity contribution in [3.8, 4) is 0 Å². The lowest BCUT2D eigenvalue weighted by Gasteiger charge is -2.31. The van der Waals surface area contributed by atoms with Gasteiger partial charge in [0.25, 0.3) is 0 Å². The lowest BCUT2D eigenvalue weighted by Crippen LogP contribution is -2.39. The second-order valence-electron chi connectivity index (χ2n) is 17.3. The van der Waals surface area contributed by atoms with Crippen LogP contribution in [0, 0.1) is 11.8 Å². The molecular formula is C53H93NO10. The summed E-state index contributed by atoms with van der Waals surface area (Å²) in [5.74, 6) is -1.02. The molecule has 1 N–H and O–H groups in total. The number of hydrogen-bond acceptors (Lipinski definition) is 11. The van der Waals surface area contributed by atoms with E-state index in [4.69, 9.17) is 28.4 Å². The van der Waals surface area contributed by atoms with Gasteiger partial charge in [0.1, 0.15) is 19.8 Å². The Kier molecular flexibility index (Phi) is 41.7. The number of aliphatic hydroxyl groups is 1. The number of allylic oxidation sites excluding steroid dienone is 8. The van der Waals surface area contributed by atoms with Crippen LogP contribution in [0.5, 0.6) is 0 Å². The zero-order valence-electron chi connectivity index (χ0n) is 40.9. The van der Waals surface area contributed by atoms with Crippen LogP contribution in [0.15, 0.2) is 48.6 Å². The minimum atomic E-state index is -0.798. The Morgan fingerprint density at radius 1 is 0.609 bits per heavy atom. The van der Waals surface area contributed by atoms with Gasteiger partial charge in [-0.1, -0.05) is 101 Å². The molecule has 0 aromatic rings. The van der Waals surface area contributed by atoms with E-state index in [2.05, 4.69) is 74.3 Å². The number of carbonyl (C=O) groups excluding carboxylic acids is 3. The van der Waals surface area contributed by atoms with Crippen LogP contribution >= 0.6 is 0 Å². The van der Waals surface area contributed by atoms with Gasteiger partial charge in [-0.3, -0.25) is 9.59 Å². The molecule has 1 saturated heterocycles. The molecule has 2 atom stereocenters. The summed E-state index contributed by atoms with van der Waals surface area (Å²) in [7, 11) is 0. The third-order valence-corrected chi connectivity index (χ3v) is 11.2. The molecule has 0 aliphatic carbocycles. The molecule has 0 bridgehead atoms. The number of β-amino-alcohol motifs (C(OH)–C–C–N with tert-alkyl or cyclic N) is 1. The van der Waals surface area contributed by atoms with E-state index in [1.165, 1.54) is 25.7 Å². The number of likely N-dealkylation sites (tertiary alicyclic amines) is 1. The lowest BCUT2D eigenvalue weighted by atomic mass is 9.99. The Morgan fingerprint density at radius 2 is 1.14 bits per heavy atom. The van der Waals surface area contributed by atoms with Gasteiger partial charge in [0.15, 0.2) is 6.29 Å². The molecule has 0 amide bonds. The number of piperidine rings is 1. The fourth-order valence-corrected chi connectivity index (χ4v) is 7.36. The molecule has 0 saturated carbocycles. The average molecular weight is 904 g/mol. The summed E-state index contributed by atoms with van der Waals surface area (Å²) in [6, 6.07) is 0. The van der Waals surface area contributed by atoms with E-state index in [1.807, 2.05) is 0 Å². The Bertz CT molecular complexity index is 1190. The molecule has 11 nitrogen and oxygen atoms in total. The Morgan fingerprint density at radius 3 is 1.73 bits per heavy atom. The molecule has 1 aliphatic rings. The first-order chi connectivity index (χ1) is 31.4. The van der Waals surface area contributed by atoms with Crippen LogP contribution in [0.4, 0.5) is 4.79 Å². The largest absolute Gasteiger partial charge is 0.508 e. The Labute approximate surface area is 390 Å². The Hall–Kier alpha value is -2.99. The predicted octanol–water partition coefficient (Wildman–Crippen LogP) is 12.6. The lowest BCUT2D eigenvalue weighted by molar-refractivity contribution is -0.152. The van der Waals surface area contributed by atoms with Crippen LogP contribution < -0.4 is 0 Å². The minimum absolute atomic E-state index is 0.0292. The quantitative estimate of drug-likeness (QED) is 0.0206. The highest BCUT2D eigenvalue weighted by Gasteiger charge is 2.23. The van der Waals surface area contributed by atoms with Crippen molar-refractivity contribution >= 4 is 18.1 Å². The van der Waals surface area contributed by atoms with E-state index in [-0.39, 0.29) is 63.6 Å². The summed E-state index contributed by atoms with van der Waals surface area (Å²) in [5.41, 5.74) is 0. The summed E-state index contributed by atoms with van der Waals surface area (Å²) >= 11 is 0. The number of nitrogens with zero attached hydrogens (tertiary/aromatic N) is 1. The molecule has 0 radical (unpaired) electrons. The topological polar surface area (TPSA) is 130 Å². The van der Waals surface area contributed by atoms with E-state index in [0.29, 0.717) is 39.0 Å². The molecule has 1 rings (SSSR count). The number of carbonyl (C=O) groups is 3. The monoisotopic (exact) mass is 904 g/mol. The van der Waals surface area contributed by atoms with Crippen molar-refractivity contribution in [3.63, 3.8) is 0 Å². The van der Waals surface area contributed by atoms with Gasteiger partial charge in [-0.25, -0.2) is 4.79 Å². The zero-order valence-corrected chi connectivity index (χ0v) is 40.9. The van der Waals surface area contributed by atoms with Crippen LogP contribution in [0.1, 0.15) is 188 Å². The van der Waals surface area contributed by atoms with Gasteiger partial charge >= 0.3 is 18.1 Å². The van der Waals surface area contributed by atoms with E-state index in [0.717, 1.165) is 129 Å². The van der Waals surface area contributed by atoms with Gasteiger partial charge < -0.3 is 38.4 Å². The molecule has 370 valence electrons. The molecule has 1 heterocycles. The minimum Gasteiger partial charge on any atom is -0.465 e. The van der Waals surface area contributed by atoms with Gasteiger partial charge in [0.05, 0.1) is 19.1 Å². The number of ether oxygens (including phenoxy) is 6. The SMILES string of the molecule is CC/C=C\CCCCOC(CCCCC(=O)OCC(COC(=O)CCCCCCC/C=C\C/C=C\CCCCC)COC(=O)OCC1CCCN(CCO)C1)OCCCC/C=C\CC. The molecule has 0 spiro atoms. The van der Waals surface area contributed by atoms with Crippen molar-refractivity contribution in [2.45, 2.75) is 194 Å². The van der Waals surface area contributed by atoms with Gasteiger partial charge in [-0.05, 0) is 129 Å². The van der Waals surface area contributed by atoms with Crippen molar-refractivity contribution in [1.82, 2.24) is 4.90 Å². The molecule has 64 heavy (non-hydrogen) atoms. The second-order valence-corrected chi connectivity index (χ2v) is 17.3. The van der Waals surface area contributed by atoms with E-state index in [9.17, 15) is 19.5 Å². The number of esters is 2. The number of hydrogen-bond donors (Lipinski definition) is 1. The molecule has 1 aliphatic heterocycles. The maximum atomic E-state index is 12.9. The second kappa shape index (κ2) is 45.2. The first kappa shape index (κ1) is 59.0. The van der Waals surface area contributed by atoms with Crippen molar-refractivity contribution in [2.75, 3.05) is 65.9 Å². The first-order valence-electron chi connectivity index (χ1n) is 25.7. The van der Waals surface area contributed by atoms with Crippen LogP contribution in [0.25, 0.3) is 0 Å². The van der Waals surface area contributed by atoms with Crippen molar-refractivity contribution in [1.29, 1.82) is 0 Å². The summed E-state index contributed by atoms with van der Waals surface area (Å²) < 4.78 is 34.4. The van der Waals surface area contributed by atoms with Gasteiger partial charge in [-0.15, -0.1) is 0 Å². The maximum Gasteiger partial charge on any atom is 0.508 e. The van der Waals surface area contributed by atoms with Crippen molar-refractivity contribution < 1.29 is 47.9 Å². The van der Waals surface area contributed by atoms with E-state index >= 15 is 0 Å². The molecule has 1 fully saturated rings. The highest BCUT2D eigenvalue weighted by Crippen LogP contribution is 2.18. The normalized spacial score (nSPS) is 15.3. The summed E-state index contributed by atoms with van der Waals surface area (Å²) in [5, 5.41) is 9.30. The fourth-order valence-electron chi connectivity index (χ4n) is 7.36. The van der Waals surface area contributed by atoms with E-state index in [1.54, 1.807) is 0 Å². The fraction of sp³-hybridized carbons (Fsp3) is 0.792. The third kappa shape index (κ3) is 38.3. The Balaban J connectivity index is 2.53. The van der Waals surface area contributed by atoms with Crippen LogP contribution in [0.3, 0.4) is 0 Å². The van der Waals surface area contributed by atoms with E-state index < -0.39 is 12.1 Å². The summed E-state index contributed by atoms with van der Waals surface area (Å²) in [4.78, 5) is 40.3. The average Bonchev–Trinajstić information content (AvgIpc) is 3.30. The van der Waals surface area contributed by atoms with Crippen molar-refractivity contribution in [3.05, 3.63) is 48.6 Å². The summed E-state index contributed by atoms with van der Waals surface area (Å²) in [6.07, 6.45) is 41.8. The summed E-state index contributed by atoms with van der Waals surface area (Å²) in [6.45, 7) is 10.2.